The van der Waals surface area contributed by atoms with Crippen molar-refractivity contribution in [3.8, 4) is 55.6 Å². The Bertz CT molecular complexity index is 4260. The summed E-state index contributed by atoms with van der Waals surface area (Å²) in [5.41, 5.74) is 22.7. The number of aryl methyl sites for hydroxylation is 1. The van der Waals surface area contributed by atoms with Gasteiger partial charge in [0.1, 0.15) is 0 Å². The molecule has 2 nitrogen and oxygen atoms in total. The third kappa shape index (κ3) is 9.10. The van der Waals surface area contributed by atoms with Gasteiger partial charge in [-0.15, -0.1) is 0 Å². The molecule has 0 aliphatic rings. The van der Waals surface area contributed by atoms with E-state index in [1.807, 2.05) is 0 Å². The molecule has 0 aliphatic heterocycles. The first-order valence-corrected chi connectivity index (χ1v) is 27.9. The van der Waals surface area contributed by atoms with Gasteiger partial charge in [-0.05, 0) is 180 Å². The summed E-state index contributed by atoms with van der Waals surface area (Å²) in [5, 5.41) is 7.92. The van der Waals surface area contributed by atoms with E-state index in [1.165, 1.54) is 105 Å². The van der Waals surface area contributed by atoms with Gasteiger partial charge in [-0.2, -0.15) is 0 Å². The van der Waals surface area contributed by atoms with Gasteiger partial charge in [0.15, 0.2) is 0 Å². The smallest absolute Gasteiger partial charge is 0.0540 e. The summed E-state index contributed by atoms with van der Waals surface area (Å²) in [7, 11) is 0. The van der Waals surface area contributed by atoms with E-state index in [9.17, 15) is 0 Å². The molecule has 0 atom stereocenters. The standard InChI is InChI=1S/C77H62N2/c1-51(2)70-49-72(58-33-41-62(42-34-58)78(60-37-29-53(5)30-38-60)74-27-17-15-25-64(74)56-21-11-7-12-22-56)68-47-45-67-71(52(3)4)50-73(69-48-46-66(70)76(68)77(67)69)59-35-43-63(44-36-59)79(61-39-31-55(32-40-61)54-19-9-6-10-20-54)75-28-18-16-26-65(75)57-23-13-8-14-24-57/h6-52H,1-5H3. The van der Waals surface area contributed by atoms with Gasteiger partial charge in [0, 0.05) is 33.9 Å². The summed E-state index contributed by atoms with van der Waals surface area (Å²) in [6.07, 6.45) is 0. The highest BCUT2D eigenvalue weighted by Gasteiger charge is 2.24. The minimum absolute atomic E-state index is 0.312. The van der Waals surface area contributed by atoms with E-state index >= 15 is 0 Å². The second kappa shape index (κ2) is 20.8. The zero-order chi connectivity index (χ0) is 53.6. The van der Waals surface area contributed by atoms with Crippen LogP contribution in [0.25, 0.3) is 88.0 Å². The lowest BCUT2D eigenvalue weighted by atomic mass is 9.81. The number of para-hydroxylation sites is 2. The van der Waals surface area contributed by atoms with E-state index < -0.39 is 0 Å². The first-order valence-electron chi connectivity index (χ1n) is 27.9. The number of anilines is 6. The molecule has 0 amide bonds. The van der Waals surface area contributed by atoms with Crippen molar-refractivity contribution < 1.29 is 0 Å². The highest BCUT2D eigenvalue weighted by molar-refractivity contribution is 6.29. The summed E-state index contributed by atoms with van der Waals surface area (Å²) in [6, 6.07) is 101. The first kappa shape index (κ1) is 49.1. The largest absolute Gasteiger partial charge is 0.310 e. The number of rotatable bonds is 13. The Morgan fingerprint density at radius 2 is 0.544 bits per heavy atom. The Morgan fingerprint density at radius 3 is 0.924 bits per heavy atom. The van der Waals surface area contributed by atoms with Crippen LogP contribution in [0.2, 0.25) is 0 Å². The fraction of sp³-hybridized carbons (Fsp3) is 0.0909. The summed E-state index contributed by atoms with van der Waals surface area (Å²) in [5.74, 6) is 0.627. The van der Waals surface area contributed by atoms with Gasteiger partial charge in [0.05, 0.1) is 11.4 Å². The molecular weight excluding hydrogens is 953 g/mol. The van der Waals surface area contributed by atoms with Crippen LogP contribution in [0.1, 0.15) is 56.2 Å². The molecule has 0 N–H and O–H groups in total. The minimum atomic E-state index is 0.312. The van der Waals surface area contributed by atoms with Crippen LogP contribution < -0.4 is 9.80 Å². The Kier molecular flexibility index (Phi) is 12.9. The van der Waals surface area contributed by atoms with Crippen LogP contribution in [0.5, 0.6) is 0 Å². The molecule has 79 heavy (non-hydrogen) atoms. The topological polar surface area (TPSA) is 6.48 Å². The monoisotopic (exact) mass is 1010 g/mol. The Labute approximate surface area is 465 Å². The van der Waals surface area contributed by atoms with Crippen molar-refractivity contribution in [2.24, 2.45) is 0 Å². The molecule has 13 rings (SSSR count). The molecule has 0 radical (unpaired) electrons. The lowest BCUT2D eigenvalue weighted by molar-refractivity contribution is 0.876. The van der Waals surface area contributed by atoms with E-state index in [4.69, 9.17) is 0 Å². The van der Waals surface area contributed by atoms with Crippen LogP contribution in [0.15, 0.2) is 273 Å². The molecule has 0 heterocycles. The molecule has 0 unspecified atom stereocenters. The lowest BCUT2D eigenvalue weighted by Gasteiger charge is -2.28. The first-order chi connectivity index (χ1) is 38.8. The summed E-state index contributed by atoms with van der Waals surface area (Å²) >= 11 is 0. The second-order valence-electron chi connectivity index (χ2n) is 21.7. The Hall–Kier alpha value is -9.50. The lowest BCUT2D eigenvalue weighted by Crippen LogP contribution is -2.11. The molecule has 0 aliphatic carbocycles. The fourth-order valence-corrected chi connectivity index (χ4v) is 12.1. The highest BCUT2D eigenvalue weighted by atomic mass is 15.1. The van der Waals surface area contributed by atoms with Crippen molar-refractivity contribution in [2.75, 3.05) is 9.80 Å². The van der Waals surface area contributed by atoms with E-state index in [-0.39, 0.29) is 0 Å². The van der Waals surface area contributed by atoms with Crippen molar-refractivity contribution in [3.05, 3.63) is 290 Å². The SMILES string of the molecule is Cc1ccc(N(c2ccc(-c3cc(C(C)C)c4ccc5c(-c6ccc(N(c7ccc(-c8ccccc8)cc7)c7ccccc7-c7ccccc7)cc6)cc(C(C)C)c6ccc3c4c56)cc2)c2ccccc2-c2ccccc2)cc1. The average molecular weight is 1020 g/mol. The van der Waals surface area contributed by atoms with Crippen LogP contribution in [-0.2, 0) is 0 Å². The van der Waals surface area contributed by atoms with Crippen molar-refractivity contribution in [1.29, 1.82) is 0 Å². The van der Waals surface area contributed by atoms with Crippen molar-refractivity contribution in [1.82, 2.24) is 0 Å². The predicted molar refractivity (Wildman–Crippen MR) is 340 cm³/mol. The van der Waals surface area contributed by atoms with Gasteiger partial charge in [0.25, 0.3) is 0 Å². The van der Waals surface area contributed by atoms with E-state index in [1.54, 1.807) is 0 Å². The van der Waals surface area contributed by atoms with Gasteiger partial charge in [-0.3, -0.25) is 0 Å². The average Bonchev–Trinajstić information content (AvgIpc) is 3.55. The van der Waals surface area contributed by atoms with Gasteiger partial charge < -0.3 is 9.80 Å². The zero-order valence-corrected chi connectivity index (χ0v) is 45.5. The fourth-order valence-electron chi connectivity index (χ4n) is 12.1. The maximum atomic E-state index is 2.48. The number of nitrogens with zero attached hydrogens (tertiary/aromatic N) is 2. The molecule has 2 heteroatoms. The predicted octanol–water partition coefficient (Wildman–Crippen LogP) is 22.4. The Morgan fingerprint density at radius 1 is 0.253 bits per heavy atom. The Balaban J connectivity index is 0.941. The molecule has 0 saturated heterocycles. The number of hydrogen-bond donors (Lipinski definition) is 0. The highest BCUT2D eigenvalue weighted by Crippen LogP contribution is 2.49. The van der Waals surface area contributed by atoms with E-state index in [2.05, 4.69) is 317 Å². The quantitative estimate of drug-likeness (QED) is 0.106. The normalized spacial score (nSPS) is 11.6. The van der Waals surface area contributed by atoms with Crippen LogP contribution >= 0.6 is 0 Å². The zero-order valence-electron chi connectivity index (χ0n) is 45.5. The molecule has 0 saturated carbocycles. The third-order valence-electron chi connectivity index (χ3n) is 16.1. The van der Waals surface area contributed by atoms with Crippen molar-refractivity contribution in [3.63, 3.8) is 0 Å². The van der Waals surface area contributed by atoms with Crippen LogP contribution in [0.4, 0.5) is 34.1 Å². The van der Waals surface area contributed by atoms with Gasteiger partial charge in [-0.25, -0.2) is 0 Å². The molecule has 13 aromatic carbocycles. The van der Waals surface area contributed by atoms with Gasteiger partial charge in [-0.1, -0.05) is 233 Å². The van der Waals surface area contributed by atoms with Gasteiger partial charge >= 0.3 is 0 Å². The molecule has 0 bridgehead atoms. The molecule has 0 spiro atoms. The second-order valence-corrected chi connectivity index (χ2v) is 21.7. The molecule has 13 aromatic rings. The van der Waals surface area contributed by atoms with Crippen molar-refractivity contribution >= 4 is 66.4 Å². The van der Waals surface area contributed by atoms with Crippen LogP contribution in [0, 0.1) is 6.92 Å². The maximum Gasteiger partial charge on any atom is 0.0540 e. The molecule has 380 valence electrons. The summed E-state index contributed by atoms with van der Waals surface area (Å²) < 4.78 is 0. The number of benzene rings is 13. The molecule has 0 aromatic heterocycles. The maximum absolute atomic E-state index is 2.48. The van der Waals surface area contributed by atoms with Gasteiger partial charge in [0.2, 0.25) is 0 Å². The van der Waals surface area contributed by atoms with E-state index in [0.717, 1.165) is 34.1 Å². The van der Waals surface area contributed by atoms with Crippen molar-refractivity contribution in [2.45, 2.75) is 46.5 Å². The van der Waals surface area contributed by atoms with Crippen LogP contribution in [0.3, 0.4) is 0 Å². The number of hydrogen-bond acceptors (Lipinski definition) is 2. The molecular formula is C77H62N2. The van der Waals surface area contributed by atoms with E-state index in [0.29, 0.717) is 11.8 Å². The van der Waals surface area contributed by atoms with Crippen LogP contribution in [-0.4, -0.2) is 0 Å². The third-order valence-corrected chi connectivity index (χ3v) is 16.1. The summed E-state index contributed by atoms with van der Waals surface area (Å²) in [6.45, 7) is 11.5. The summed E-state index contributed by atoms with van der Waals surface area (Å²) in [4.78, 5) is 4.82. The minimum Gasteiger partial charge on any atom is -0.310 e. The molecule has 0 fully saturated rings.